The molecule has 1 aromatic rings. The predicted octanol–water partition coefficient (Wildman–Crippen LogP) is 2.68. The first-order valence-corrected chi connectivity index (χ1v) is 6.77. The number of benzene rings is 1. The Balaban J connectivity index is 1.93. The van der Waals surface area contributed by atoms with Crippen LogP contribution in [0.4, 0.5) is 0 Å². The molecule has 4 heteroatoms. The normalized spacial score (nSPS) is 20.8. The van der Waals surface area contributed by atoms with E-state index in [0.717, 1.165) is 40.8 Å². The zero-order valence-corrected chi connectivity index (χ0v) is 11.1. The molecule has 0 radical (unpaired) electrons. The van der Waals surface area contributed by atoms with Crippen molar-refractivity contribution in [2.24, 2.45) is 0 Å². The average Bonchev–Trinajstić information content (AvgIpc) is 3.06. The summed E-state index contributed by atoms with van der Waals surface area (Å²) in [5, 5.41) is 9.97. The first-order valence-electron chi connectivity index (χ1n) is 5.97. The Morgan fingerprint density at radius 3 is 2.76 bits per heavy atom. The molecule has 0 saturated heterocycles. The maximum atomic E-state index is 9.97. The van der Waals surface area contributed by atoms with Crippen LogP contribution in [0.25, 0.3) is 0 Å². The molecule has 1 aliphatic heterocycles. The zero-order chi connectivity index (χ0) is 11.9. The van der Waals surface area contributed by atoms with Crippen LogP contribution in [0, 0.1) is 0 Å². The Morgan fingerprint density at radius 2 is 2.00 bits per heavy atom. The second kappa shape index (κ2) is 4.18. The molecule has 92 valence electrons. The van der Waals surface area contributed by atoms with E-state index in [2.05, 4.69) is 15.9 Å². The highest BCUT2D eigenvalue weighted by Crippen LogP contribution is 2.44. The fourth-order valence-corrected chi connectivity index (χ4v) is 2.64. The minimum Gasteiger partial charge on any atom is -0.490 e. The van der Waals surface area contributed by atoms with Crippen LogP contribution in [0.15, 0.2) is 16.6 Å². The van der Waals surface area contributed by atoms with Gasteiger partial charge in [0.15, 0.2) is 11.5 Å². The van der Waals surface area contributed by atoms with Gasteiger partial charge < -0.3 is 14.6 Å². The van der Waals surface area contributed by atoms with Gasteiger partial charge >= 0.3 is 0 Å². The Bertz CT molecular complexity index is 441. The summed E-state index contributed by atoms with van der Waals surface area (Å²) in [7, 11) is 0. The van der Waals surface area contributed by atoms with Crippen molar-refractivity contribution in [1.82, 2.24) is 0 Å². The van der Waals surface area contributed by atoms with Crippen molar-refractivity contribution in [2.75, 3.05) is 13.2 Å². The summed E-state index contributed by atoms with van der Waals surface area (Å²) in [4.78, 5) is 0. The van der Waals surface area contributed by atoms with Gasteiger partial charge in [0, 0.05) is 12.8 Å². The minimum absolute atomic E-state index is 0.484. The molecule has 0 atom stereocenters. The van der Waals surface area contributed by atoms with E-state index in [0.29, 0.717) is 19.6 Å². The highest BCUT2D eigenvalue weighted by atomic mass is 79.9. The summed E-state index contributed by atoms with van der Waals surface area (Å²) < 4.78 is 12.2. The molecule has 3 rings (SSSR count). The number of aliphatic hydroxyl groups is 1. The van der Waals surface area contributed by atoms with Gasteiger partial charge in [-0.1, -0.05) is 6.07 Å². The average molecular weight is 299 g/mol. The lowest BCUT2D eigenvalue weighted by Crippen LogP contribution is -2.11. The van der Waals surface area contributed by atoms with Gasteiger partial charge in [-0.25, -0.2) is 0 Å². The van der Waals surface area contributed by atoms with Gasteiger partial charge in [-0.05, 0) is 40.4 Å². The van der Waals surface area contributed by atoms with Crippen molar-refractivity contribution >= 4 is 15.9 Å². The minimum atomic E-state index is -0.484. The van der Waals surface area contributed by atoms with Crippen molar-refractivity contribution in [3.8, 4) is 11.5 Å². The van der Waals surface area contributed by atoms with E-state index < -0.39 is 5.60 Å². The smallest absolute Gasteiger partial charge is 0.175 e. The molecule has 1 heterocycles. The lowest BCUT2D eigenvalue weighted by Gasteiger charge is -2.14. The van der Waals surface area contributed by atoms with Gasteiger partial charge in [0.2, 0.25) is 0 Å². The molecular weight excluding hydrogens is 284 g/mol. The van der Waals surface area contributed by atoms with Gasteiger partial charge in [-0.3, -0.25) is 0 Å². The molecule has 0 spiro atoms. The summed E-state index contributed by atoms with van der Waals surface area (Å²) in [6.45, 7) is 1.38. The monoisotopic (exact) mass is 298 g/mol. The summed E-state index contributed by atoms with van der Waals surface area (Å²) >= 11 is 3.57. The number of hydrogen-bond donors (Lipinski definition) is 1. The van der Waals surface area contributed by atoms with E-state index in [1.54, 1.807) is 0 Å². The van der Waals surface area contributed by atoms with Gasteiger partial charge in [0.1, 0.15) is 0 Å². The molecule has 0 unspecified atom stereocenters. The topological polar surface area (TPSA) is 38.7 Å². The van der Waals surface area contributed by atoms with Crippen molar-refractivity contribution in [2.45, 2.75) is 31.3 Å². The molecule has 1 fully saturated rings. The third-order valence-electron chi connectivity index (χ3n) is 3.28. The summed E-state index contributed by atoms with van der Waals surface area (Å²) in [5.74, 6) is 1.57. The van der Waals surface area contributed by atoms with E-state index in [9.17, 15) is 5.11 Å². The van der Waals surface area contributed by atoms with Gasteiger partial charge in [0.25, 0.3) is 0 Å². The Morgan fingerprint density at radius 1 is 1.24 bits per heavy atom. The number of fused-ring (bicyclic) bond motifs is 1. The highest BCUT2D eigenvalue weighted by molar-refractivity contribution is 9.10. The molecule has 0 bridgehead atoms. The van der Waals surface area contributed by atoms with Crippen LogP contribution in [0.5, 0.6) is 11.5 Å². The second-order valence-electron chi connectivity index (χ2n) is 4.82. The first kappa shape index (κ1) is 11.4. The Kier molecular flexibility index (Phi) is 2.79. The van der Waals surface area contributed by atoms with Crippen LogP contribution in [0.3, 0.4) is 0 Å². The van der Waals surface area contributed by atoms with E-state index in [1.165, 1.54) is 0 Å². The van der Waals surface area contributed by atoms with Gasteiger partial charge in [-0.2, -0.15) is 0 Å². The van der Waals surface area contributed by atoms with Crippen LogP contribution >= 0.6 is 15.9 Å². The standard InChI is InChI=1S/C13H15BrO3/c14-11-9(8-13(15)4-5-13)2-3-10-12(11)17-7-1-6-16-10/h2-3,15H,1,4-8H2. The largest absolute Gasteiger partial charge is 0.490 e. The van der Waals surface area contributed by atoms with Crippen LogP contribution in [0.1, 0.15) is 24.8 Å². The third kappa shape index (κ3) is 2.29. The first-order chi connectivity index (χ1) is 8.18. The molecule has 0 aromatic heterocycles. The van der Waals surface area contributed by atoms with E-state index in [1.807, 2.05) is 12.1 Å². The molecular formula is C13H15BrO3. The molecule has 1 aromatic carbocycles. The fourth-order valence-electron chi connectivity index (χ4n) is 2.05. The van der Waals surface area contributed by atoms with Crippen molar-refractivity contribution < 1.29 is 14.6 Å². The Labute approximate surface area is 109 Å². The van der Waals surface area contributed by atoms with Crippen LogP contribution in [0.2, 0.25) is 0 Å². The highest BCUT2D eigenvalue weighted by Gasteiger charge is 2.40. The molecule has 0 amide bonds. The van der Waals surface area contributed by atoms with Crippen LogP contribution < -0.4 is 9.47 Å². The fraction of sp³-hybridized carbons (Fsp3) is 0.538. The van der Waals surface area contributed by atoms with E-state index in [4.69, 9.17) is 9.47 Å². The summed E-state index contributed by atoms with van der Waals surface area (Å²) in [6.07, 6.45) is 3.38. The Hall–Kier alpha value is -0.740. The molecule has 1 N–H and O–H groups in total. The quantitative estimate of drug-likeness (QED) is 0.912. The van der Waals surface area contributed by atoms with Crippen LogP contribution in [-0.4, -0.2) is 23.9 Å². The van der Waals surface area contributed by atoms with Gasteiger partial charge in [-0.15, -0.1) is 0 Å². The SMILES string of the molecule is OC1(Cc2ccc3c(c2Br)OCCCO3)CC1. The lowest BCUT2D eigenvalue weighted by atomic mass is 10.1. The van der Waals surface area contributed by atoms with Crippen molar-refractivity contribution in [1.29, 1.82) is 0 Å². The maximum Gasteiger partial charge on any atom is 0.175 e. The summed E-state index contributed by atoms with van der Waals surface area (Å²) in [6, 6.07) is 3.94. The van der Waals surface area contributed by atoms with E-state index in [-0.39, 0.29) is 0 Å². The lowest BCUT2D eigenvalue weighted by molar-refractivity contribution is 0.150. The molecule has 1 aliphatic carbocycles. The molecule has 3 nitrogen and oxygen atoms in total. The third-order valence-corrected chi connectivity index (χ3v) is 4.15. The number of rotatable bonds is 2. The maximum absolute atomic E-state index is 9.97. The van der Waals surface area contributed by atoms with E-state index >= 15 is 0 Å². The van der Waals surface area contributed by atoms with Crippen molar-refractivity contribution in [3.05, 3.63) is 22.2 Å². The predicted molar refractivity (Wildman–Crippen MR) is 67.6 cm³/mol. The van der Waals surface area contributed by atoms with Crippen molar-refractivity contribution in [3.63, 3.8) is 0 Å². The molecule has 2 aliphatic rings. The molecule has 1 saturated carbocycles. The number of ether oxygens (including phenoxy) is 2. The number of hydrogen-bond acceptors (Lipinski definition) is 3. The second-order valence-corrected chi connectivity index (χ2v) is 5.61. The zero-order valence-electron chi connectivity index (χ0n) is 9.54. The molecule has 17 heavy (non-hydrogen) atoms. The number of halogens is 1. The van der Waals surface area contributed by atoms with Crippen LogP contribution in [-0.2, 0) is 6.42 Å². The van der Waals surface area contributed by atoms with Gasteiger partial charge in [0.05, 0.1) is 23.3 Å². The summed E-state index contributed by atoms with van der Waals surface area (Å²) in [5.41, 5.74) is 0.608.